The van der Waals surface area contributed by atoms with E-state index in [2.05, 4.69) is 20.4 Å². The maximum Gasteiger partial charge on any atom is 0.416 e. The van der Waals surface area contributed by atoms with Crippen LogP contribution in [0.4, 0.5) is 22.0 Å². The lowest BCUT2D eigenvalue weighted by Gasteiger charge is -2.44. The van der Waals surface area contributed by atoms with Crippen LogP contribution in [0.2, 0.25) is 0 Å². The third-order valence-corrected chi connectivity index (χ3v) is 5.12. The fourth-order valence-corrected chi connectivity index (χ4v) is 3.58. The second-order valence-corrected chi connectivity index (χ2v) is 7.83. The zero-order valence-electron chi connectivity index (χ0n) is 17.2. The highest BCUT2D eigenvalue weighted by Crippen LogP contribution is 2.33. The van der Waals surface area contributed by atoms with Crippen molar-refractivity contribution in [1.29, 1.82) is 0 Å². The normalized spacial score (nSPS) is 17.6. The molecule has 0 saturated carbocycles. The first-order valence-electron chi connectivity index (χ1n) is 9.92. The van der Waals surface area contributed by atoms with Crippen molar-refractivity contribution in [2.45, 2.75) is 24.9 Å². The Hall–Kier alpha value is -3.57. The van der Waals surface area contributed by atoms with E-state index in [4.69, 9.17) is 0 Å². The molecule has 0 unspecified atom stereocenters. The van der Waals surface area contributed by atoms with Crippen LogP contribution >= 0.6 is 0 Å². The smallest absolute Gasteiger partial charge is 0.372 e. The van der Waals surface area contributed by atoms with Gasteiger partial charge in [-0.05, 0) is 29.3 Å². The van der Waals surface area contributed by atoms with Gasteiger partial charge in [-0.2, -0.15) is 13.2 Å². The summed E-state index contributed by atoms with van der Waals surface area (Å²) in [7, 11) is 0. The number of halogens is 5. The Kier molecular flexibility index (Phi) is 6.00. The van der Waals surface area contributed by atoms with Crippen molar-refractivity contribution < 1.29 is 26.7 Å². The molecule has 7 nitrogen and oxygen atoms in total. The van der Waals surface area contributed by atoms with Crippen molar-refractivity contribution in [3.05, 3.63) is 53.5 Å². The molecular formula is C21H19F5N6O. The highest BCUT2D eigenvalue weighted by molar-refractivity contribution is 5.91. The molecule has 4 rings (SSSR count). The van der Waals surface area contributed by atoms with Crippen molar-refractivity contribution in [2.75, 3.05) is 19.8 Å². The summed E-state index contributed by atoms with van der Waals surface area (Å²) in [5.41, 5.74) is -1.98. The highest BCUT2D eigenvalue weighted by Gasteiger charge is 2.45. The highest BCUT2D eigenvalue weighted by atomic mass is 19.4. The summed E-state index contributed by atoms with van der Waals surface area (Å²) in [5, 5.41) is 6.92. The first kappa shape index (κ1) is 22.6. The Labute approximate surface area is 185 Å². The van der Waals surface area contributed by atoms with E-state index in [0.717, 1.165) is 16.8 Å². The predicted octanol–water partition coefficient (Wildman–Crippen LogP) is 3.36. The summed E-state index contributed by atoms with van der Waals surface area (Å²) in [6.45, 7) is -0.758. The quantitative estimate of drug-likeness (QED) is 0.524. The SMILES string of the molecule is O=C(/C=C\n1cnc(-c2cc(CF)cc(C(F)(F)F)c2)n1)N1CC(F)(CC2=CNCN=C2)C1. The number of likely N-dealkylation sites (tertiary alicyclic amines) is 1. The van der Waals surface area contributed by atoms with E-state index in [0.29, 0.717) is 12.2 Å². The van der Waals surface area contributed by atoms with E-state index >= 15 is 0 Å². The lowest BCUT2D eigenvalue weighted by Crippen LogP contribution is -2.60. The molecule has 1 amide bonds. The van der Waals surface area contributed by atoms with Gasteiger partial charge in [-0.1, -0.05) is 0 Å². The third-order valence-electron chi connectivity index (χ3n) is 5.12. The molecule has 0 spiro atoms. The van der Waals surface area contributed by atoms with Crippen LogP contribution in [0.15, 0.2) is 47.4 Å². The van der Waals surface area contributed by atoms with Gasteiger partial charge in [-0.25, -0.2) is 18.4 Å². The van der Waals surface area contributed by atoms with E-state index < -0.39 is 30.0 Å². The van der Waals surface area contributed by atoms with Crippen molar-refractivity contribution >= 4 is 18.3 Å². The van der Waals surface area contributed by atoms with Gasteiger partial charge in [0.25, 0.3) is 0 Å². The molecule has 3 heterocycles. The summed E-state index contributed by atoms with van der Waals surface area (Å²) in [5.74, 6) is -0.501. The molecule has 1 aromatic carbocycles. The number of nitrogens with one attached hydrogen (secondary N) is 1. The zero-order chi connectivity index (χ0) is 23.6. The number of aromatic nitrogens is 3. The number of carbonyl (C=O) groups is 1. The van der Waals surface area contributed by atoms with E-state index in [-0.39, 0.29) is 36.5 Å². The number of rotatable bonds is 6. The summed E-state index contributed by atoms with van der Waals surface area (Å²) >= 11 is 0. The molecule has 33 heavy (non-hydrogen) atoms. The number of allylic oxidation sites excluding steroid dienone is 1. The molecule has 0 radical (unpaired) electrons. The molecule has 2 aromatic rings. The molecule has 2 aliphatic rings. The molecule has 1 saturated heterocycles. The molecule has 0 bridgehead atoms. The first-order valence-corrected chi connectivity index (χ1v) is 9.92. The number of alkyl halides is 5. The molecule has 0 aliphatic carbocycles. The Morgan fingerprint density at radius 1 is 1.24 bits per heavy atom. The summed E-state index contributed by atoms with van der Waals surface area (Å²) in [4.78, 5) is 21.6. The second-order valence-electron chi connectivity index (χ2n) is 7.83. The van der Waals surface area contributed by atoms with Gasteiger partial charge in [0.15, 0.2) is 5.82 Å². The molecule has 0 atom stereocenters. The van der Waals surface area contributed by atoms with E-state index in [1.165, 1.54) is 29.6 Å². The fourth-order valence-electron chi connectivity index (χ4n) is 3.58. The molecule has 1 aromatic heterocycles. The first-order chi connectivity index (χ1) is 15.6. The van der Waals surface area contributed by atoms with Crippen molar-refractivity contribution in [3.8, 4) is 11.4 Å². The van der Waals surface area contributed by atoms with Crippen molar-refractivity contribution in [2.24, 2.45) is 4.99 Å². The fraction of sp³-hybridized carbons (Fsp3) is 0.333. The van der Waals surface area contributed by atoms with Crippen molar-refractivity contribution in [3.63, 3.8) is 0 Å². The molecule has 12 heteroatoms. The number of hydrogen-bond acceptors (Lipinski definition) is 5. The lowest BCUT2D eigenvalue weighted by atomic mass is 9.89. The van der Waals surface area contributed by atoms with Crippen LogP contribution in [0.5, 0.6) is 0 Å². The molecule has 1 N–H and O–H groups in total. The van der Waals surface area contributed by atoms with Gasteiger partial charge in [-0.3, -0.25) is 9.79 Å². The summed E-state index contributed by atoms with van der Waals surface area (Å²) in [6, 6.07) is 2.79. The van der Waals surface area contributed by atoms with E-state index in [9.17, 15) is 26.7 Å². The number of benzene rings is 1. The third kappa shape index (κ3) is 5.26. The number of amides is 1. The number of nitrogens with zero attached hydrogens (tertiary/aromatic N) is 5. The molecular weight excluding hydrogens is 447 g/mol. The van der Waals surface area contributed by atoms with Gasteiger partial charge in [-0.15, -0.1) is 5.10 Å². The molecule has 1 fully saturated rings. The average Bonchev–Trinajstić information content (AvgIpc) is 3.24. The van der Waals surface area contributed by atoms with Gasteiger partial charge in [0, 0.05) is 36.7 Å². The molecule has 2 aliphatic heterocycles. The van der Waals surface area contributed by atoms with Crippen LogP contribution in [0, 0.1) is 0 Å². The monoisotopic (exact) mass is 466 g/mol. The van der Waals surface area contributed by atoms with Crippen LogP contribution in [0.25, 0.3) is 17.6 Å². The minimum atomic E-state index is -4.64. The lowest BCUT2D eigenvalue weighted by molar-refractivity contribution is -0.139. The Balaban J connectivity index is 1.39. The Morgan fingerprint density at radius 2 is 2.03 bits per heavy atom. The van der Waals surface area contributed by atoms with Gasteiger partial charge < -0.3 is 10.2 Å². The van der Waals surface area contributed by atoms with Gasteiger partial charge in [0.1, 0.15) is 25.3 Å². The Bertz CT molecular complexity index is 1130. The van der Waals surface area contributed by atoms with Crippen LogP contribution in [0.1, 0.15) is 17.5 Å². The molecule has 174 valence electrons. The standard InChI is InChI=1S/C21H19F5N6O/c22-7-14-3-16(5-17(4-14)21(24,25)26)19-29-13-32(30-19)2-1-18(33)31-10-20(23,11-31)6-15-8-27-12-28-9-15/h1-5,8-9,13,27H,6-7,10-12H2/b2-1-. The topological polar surface area (TPSA) is 75.4 Å². The Morgan fingerprint density at radius 3 is 2.70 bits per heavy atom. The maximum absolute atomic E-state index is 14.8. The van der Waals surface area contributed by atoms with Crippen LogP contribution in [-0.2, 0) is 17.6 Å². The number of aliphatic imine (C=N–C) groups is 1. The van der Waals surface area contributed by atoms with Crippen LogP contribution < -0.4 is 5.32 Å². The summed E-state index contributed by atoms with van der Waals surface area (Å²) < 4.78 is 68.1. The van der Waals surface area contributed by atoms with Gasteiger partial charge in [0.2, 0.25) is 5.91 Å². The minimum Gasteiger partial charge on any atom is -0.372 e. The number of carbonyl (C=O) groups excluding carboxylic acids is 1. The second kappa shape index (κ2) is 8.75. The summed E-state index contributed by atoms with van der Waals surface area (Å²) in [6.07, 6.45) is 2.43. The largest absolute Gasteiger partial charge is 0.416 e. The van der Waals surface area contributed by atoms with Gasteiger partial charge >= 0.3 is 6.18 Å². The van der Waals surface area contributed by atoms with Gasteiger partial charge in [0.05, 0.1) is 18.7 Å². The average molecular weight is 466 g/mol. The van der Waals surface area contributed by atoms with Crippen LogP contribution in [-0.4, -0.2) is 57.2 Å². The minimum absolute atomic E-state index is 0.00375. The van der Waals surface area contributed by atoms with Crippen molar-refractivity contribution in [1.82, 2.24) is 25.0 Å². The van der Waals surface area contributed by atoms with E-state index in [1.54, 1.807) is 12.4 Å². The maximum atomic E-state index is 14.8. The van der Waals surface area contributed by atoms with E-state index in [1.807, 2.05) is 0 Å². The van der Waals surface area contributed by atoms with Crippen LogP contribution in [0.3, 0.4) is 0 Å². The predicted molar refractivity (Wildman–Crippen MR) is 110 cm³/mol. The zero-order valence-corrected chi connectivity index (χ0v) is 17.2. The number of hydrogen-bond donors (Lipinski definition) is 1.